The quantitative estimate of drug-likeness (QED) is 0.827. The van der Waals surface area contributed by atoms with E-state index < -0.39 is 24.6 Å². The largest absolute Gasteiger partial charge is 0.463 e. The molecule has 0 fully saturated rings. The van der Waals surface area contributed by atoms with Crippen LogP contribution >= 0.6 is 0 Å². The lowest BCUT2D eigenvalue weighted by molar-refractivity contribution is -0.267. The number of hydrogen-bond acceptors (Lipinski definition) is 2. The van der Waals surface area contributed by atoms with Gasteiger partial charge >= 0.3 is 18.0 Å². The lowest BCUT2D eigenvalue weighted by atomic mass is 10.2. The third-order valence-corrected chi connectivity index (χ3v) is 2.01. The first-order valence-corrected chi connectivity index (χ1v) is 4.64. The van der Waals surface area contributed by atoms with Crippen LogP contribution in [0.25, 0.3) is 0 Å². The number of carbonyl (C=O) groups is 1. The molecule has 3 nitrogen and oxygen atoms in total. The van der Waals surface area contributed by atoms with Gasteiger partial charge in [0.15, 0.2) is 0 Å². The van der Waals surface area contributed by atoms with Crippen molar-refractivity contribution in [1.29, 1.82) is 0 Å². The van der Waals surface area contributed by atoms with Gasteiger partial charge in [0, 0.05) is 5.69 Å². The standard InChI is InChI=1S/C10H8F5NO2/c11-9(12,10(13,14)15)8(18)16-7-3-1-2-6(4-7)5-17/h1-4,17H,5H2,(H,16,18). The first-order chi connectivity index (χ1) is 8.18. The third-order valence-electron chi connectivity index (χ3n) is 2.01. The van der Waals surface area contributed by atoms with Crippen molar-refractivity contribution >= 4 is 11.6 Å². The average molecular weight is 269 g/mol. The Kier molecular flexibility index (Phi) is 3.90. The predicted molar refractivity (Wildman–Crippen MR) is 52.0 cm³/mol. The highest BCUT2D eigenvalue weighted by molar-refractivity contribution is 5.96. The Bertz CT molecular complexity index is 444. The van der Waals surface area contributed by atoms with E-state index in [0.29, 0.717) is 0 Å². The number of anilines is 1. The van der Waals surface area contributed by atoms with E-state index in [2.05, 4.69) is 0 Å². The van der Waals surface area contributed by atoms with Gasteiger partial charge in [0.05, 0.1) is 6.61 Å². The molecule has 1 aromatic rings. The molecule has 0 aliphatic rings. The predicted octanol–water partition coefficient (Wildman–Crippen LogP) is 2.32. The first-order valence-electron chi connectivity index (χ1n) is 4.64. The van der Waals surface area contributed by atoms with Crippen molar-refractivity contribution in [1.82, 2.24) is 0 Å². The summed E-state index contributed by atoms with van der Waals surface area (Å²) in [5.74, 6) is -7.94. The summed E-state index contributed by atoms with van der Waals surface area (Å²) in [6.45, 7) is -0.431. The minimum absolute atomic E-state index is 0.254. The lowest BCUT2D eigenvalue weighted by Gasteiger charge is -2.18. The molecule has 1 aromatic carbocycles. The molecule has 0 aliphatic heterocycles. The molecule has 0 saturated carbocycles. The average Bonchev–Trinajstić information content (AvgIpc) is 2.27. The zero-order valence-electron chi connectivity index (χ0n) is 8.76. The molecule has 0 atom stereocenters. The molecule has 0 aliphatic carbocycles. The van der Waals surface area contributed by atoms with Crippen molar-refractivity contribution in [2.45, 2.75) is 18.7 Å². The van der Waals surface area contributed by atoms with E-state index in [1.54, 1.807) is 0 Å². The van der Waals surface area contributed by atoms with Crippen molar-refractivity contribution in [3.8, 4) is 0 Å². The van der Waals surface area contributed by atoms with Gasteiger partial charge < -0.3 is 10.4 Å². The molecule has 1 rings (SSSR count). The van der Waals surface area contributed by atoms with Gasteiger partial charge in [-0.25, -0.2) is 0 Å². The Morgan fingerprint density at radius 2 is 1.83 bits per heavy atom. The summed E-state index contributed by atoms with van der Waals surface area (Å²) in [5.41, 5.74) is 0.0126. The monoisotopic (exact) mass is 269 g/mol. The summed E-state index contributed by atoms with van der Waals surface area (Å²) in [4.78, 5) is 10.8. The SMILES string of the molecule is O=C(Nc1cccc(CO)c1)C(F)(F)C(F)(F)F. The molecule has 1 amide bonds. The number of aliphatic hydroxyl groups excluding tert-OH is 1. The summed E-state index contributed by atoms with van der Waals surface area (Å²) >= 11 is 0. The van der Waals surface area contributed by atoms with Crippen LogP contribution in [-0.4, -0.2) is 23.1 Å². The van der Waals surface area contributed by atoms with Crippen LogP contribution in [0.1, 0.15) is 5.56 Å². The highest BCUT2D eigenvalue weighted by atomic mass is 19.4. The number of nitrogens with one attached hydrogen (secondary N) is 1. The Morgan fingerprint density at radius 1 is 1.22 bits per heavy atom. The van der Waals surface area contributed by atoms with E-state index >= 15 is 0 Å². The molecule has 0 radical (unpaired) electrons. The van der Waals surface area contributed by atoms with Gasteiger partial charge in [-0.15, -0.1) is 0 Å². The van der Waals surface area contributed by atoms with Crippen molar-refractivity contribution in [2.75, 3.05) is 5.32 Å². The summed E-state index contributed by atoms with van der Waals surface area (Å²) in [6.07, 6.45) is -5.95. The van der Waals surface area contributed by atoms with Crippen LogP contribution in [0.15, 0.2) is 24.3 Å². The molecular formula is C10H8F5NO2. The molecule has 18 heavy (non-hydrogen) atoms. The van der Waals surface area contributed by atoms with Crippen LogP contribution < -0.4 is 5.32 Å². The molecule has 0 spiro atoms. The second kappa shape index (κ2) is 4.89. The fourth-order valence-corrected chi connectivity index (χ4v) is 1.09. The second-order valence-electron chi connectivity index (χ2n) is 3.38. The fourth-order valence-electron chi connectivity index (χ4n) is 1.09. The van der Waals surface area contributed by atoms with Gasteiger partial charge in [-0.05, 0) is 17.7 Å². The number of carbonyl (C=O) groups excluding carboxylic acids is 1. The molecule has 100 valence electrons. The van der Waals surface area contributed by atoms with E-state index in [1.165, 1.54) is 17.4 Å². The van der Waals surface area contributed by atoms with Crippen LogP contribution in [0.2, 0.25) is 0 Å². The van der Waals surface area contributed by atoms with Crippen LogP contribution in [0, 0.1) is 0 Å². The van der Waals surface area contributed by atoms with Crippen molar-refractivity contribution in [2.24, 2.45) is 0 Å². The third kappa shape index (κ3) is 2.95. The number of hydrogen-bond donors (Lipinski definition) is 2. The van der Waals surface area contributed by atoms with E-state index in [4.69, 9.17) is 5.11 Å². The molecular weight excluding hydrogens is 261 g/mol. The minimum Gasteiger partial charge on any atom is -0.392 e. The minimum atomic E-state index is -5.95. The van der Waals surface area contributed by atoms with Gasteiger partial charge in [-0.3, -0.25) is 4.79 Å². The molecule has 0 bridgehead atoms. The Balaban J connectivity index is 2.88. The van der Waals surface area contributed by atoms with Gasteiger partial charge in [0.2, 0.25) is 0 Å². The normalized spacial score (nSPS) is 12.3. The molecule has 8 heteroatoms. The Labute approximate surface area is 98.2 Å². The maximum absolute atomic E-state index is 12.6. The fraction of sp³-hybridized carbons (Fsp3) is 0.300. The number of benzene rings is 1. The maximum atomic E-state index is 12.6. The van der Waals surface area contributed by atoms with E-state index in [9.17, 15) is 26.7 Å². The first kappa shape index (κ1) is 14.4. The number of halogens is 5. The lowest BCUT2D eigenvalue weighted by Crippen LogP contribution is -2.47. The van der Waals surface area contributed by atoms with Gasteiger partial charge in [-0.2, -0.15) is 22.0 Å². The number of aliphatic hydroxyl groups is 1. The molecule has 0 saturated heterocycles. The van der Waals surface area contributed by atoms with Gasteiger partial charge in [-0.1, -0.05) is 12.1 Å². The molecule has 0 unspecified atom stereocenters. The zero-order chi connectivity index (χ0) is 14.0. The number of alkyl halides is 5. The van der Waals surface area contributed by atoms with Gasteiger partial charge in [0.25, 0.3) is 0 Å². The van der Waals surface area contributed by atoms with E-state index in [-0.39, 0.29) is 11.3 Å². The van der Waals surface area contributed by atoms with Crippen molar-refractivity contribution < 1.29 is 31.9 Å². The van der Waals surface area contributed by atoms with Crippen LogP contribution in [0.3, 0.4) is 0 Å². The van der Waals surface area contributed by atoms with Gasteiger partial charge in [0.1, 0.15) is 0 Å². The number of amides is 1. The second-order valence-corrected chi connectivity index (χ2v) is 3.38. The zero-order valence-corrected chi connectivity index (χ0v) is 8.76. The summed E-state index contributed by atoms with van der Waals surface area (Å²) in [7, 11) is 0. The van der Waals surface area contributed by atoms with Crippen molar-refractivity contribution in [3.63, 3.8) is 0 Å². The highest BCUT2D eigenvalue weighted by Crippen LogP contribution is 2.36. The van der Waals surface area contributed by atoms with E-state index in [0.717, 1.165) is 12.1 Å². The highest BCUT2D eigenvalue weighted by Gasteiger charge is 2.63. The Morgan fingerprint density at radius 3 is 2.33 bits per heavy atom. The van der Waals surface area contributed by atoms with Crippen LogP contribution in [-0.2, 0) is 11.4 Å². The smallest absolute Gasteiger partial charge is 0.392 e. The summed E-state index contributed by atoms with van der Waals surface area (Å²) in [5, 5.41) is 10.2. The van der Waals surface area contributed by atoms with Crippen LogP contribution in [0.4, 0.5) is 27.6 Å². The molecule has 2 N–H and O–H groups in total. The van der Waals surface area contributed by atoms with Crippen LogP contribution in [0.5, 0.6) is 0 Å². The molecule has 0 aromatic heterocycles. The number of rotatable bonds is 3. The van der Waals surface area contributed by atoms with E-state index in [1.807, 2.05) is 0 Å². The Hall–Kier alpha value is -1.70. The maximum Gasteiger partial charge on any atom is 0.463 e. The summed E-state index contributed by atoms with van der Waals surface area (Å²) < 4.78 is 60.9. The van der Waals surface area contributed by atoms with Crippen molar-refractivity contribution in [3.05, 3.63) is 29.8 Å². The molecule has 0 heterocycles. The summed E-state index contributed by atoms with van der Waals surface area (Å²) in [6, 6.07) is 4.93. The topological polar surface area (TPSA) is 49.3 Å².